The minimum Gasteiger partial charge on any atom is -0.487 e. The van der Waals surface area contributed by atoms with E-state index >= 15 is 0 Å². The number of hydrogen-bond donors (Lipinski definition) is 1. The van der Waals surface area contributed by atoms with E-state index in [-0.39, 0.29) is 29.4 Å². The first kappa shape index (κ1) is 20.0. The first-order valence-electron chi connectivity index (χ1n) is 8.23. The number of anilines is 1. The molecule has 0 unspecified atom stereocenters. The summed E-state index contributed by atoms with van der Waals surface area (Å²) in [5, 5.41) is 0. The van der Waals surface area contributed by atoms with Gasteiger partial charge in [-0.1, -0.05) is 6.92 Å². The van der Waals surface area contributed by atoms with Crippen molar-refractivity contribution in [2.45, 2.75) is 20.0 Å². The number of sulfonamides is 1. The van der Waals surface area contributed by atoms with Crippen LogP contribution in [0.1, 0.15) is 24.2 Å². The van der Waals surface area contributed by atoms with Gasteiger partial charge in [-0.25, -0.2) is 8.42 Å². The number of likely N-dealkylation sites (N-methyl/N-ethyl adjacent to an activating group) is 1. The van der Waals surface area contributed by atoms with Crippen LogP contribution in [0.4, 0.5) is 5.69 Å². The first-order valence-corrected chi connectivity index (χ1v) is 10.1. The number of carbonyl (C=O) groups excluding carboxylic acids is 2. The molecule has 144 valence electrons. The summed E-state index contributed by atoms with van der Waals surface area (Å²) in [6.07, 6.45) is 0.746. The van der Waals surface area contributed by atoms with Crippen LogP contribution < -0.4 is 9.46 Å². The number of carbonyl (C=O) groups is 2. The molecule has 1 aromatic rings. The van der Waals surface area contributed by atoms with Gasteiger partial charge in [0.2, 0.25) is 15.9 Å². The molecular weight excluding hydrogens is 358 g/mol. The number of ether oxygens (including phenoxy) is 1. The topological polar surface area (TPSA) is 96.0 Å². The second-order valence-corrected chi connectivity index (χ2v) is 8.55. The summed E-state index contributed by atoms with van der Waals surface area (Å²) >= 11 is 0. The smallest absolute Gasteiger partial charge is 0.257 e. The average molecular weight is 383 g/mol. The largest absolute Gasteiger partial charge is 0.487 e. The van der Waals surface area contributed by atoms with Crippen LogP contribution in [0.2, 0.25) is 0 Å². The molecule has 8 nitrogen and oxygen atoms in total. The Balaban J connectivity index is 2.40. The number of nitrogens with one attached hydrogen (secondary N) is 1. The molecule has 2 amide bonds. The Kier molecular flexibility index (Phi) is 5.80. The van der Waals surface area contributed by atoms with Gasteiger partial charge in [0.1, 0.15) is 11.9 Å². The molecule has 1 heterocycles. The zero-order valence-corrected chi connectivity index (χ0v) is 16.5. The van der Waals surface area contributed by atoms with E-state index in [1.54, 1.807) is 36.0 Å². The van der Waals surface area contributed by atoms with Crippen molar-refractivity contribution in [1.82, 2.24) is 9.80 Å². The van der Waals surface area contributed by atoms with Crippen molar-refractivity contribution >= 4 is 27.5 Å². The van der Waals surface area contributed by atoms with Gasteiger partial charge in [-0.3, -0.25) is 14.3 Å². The summed E-state index contributed by atoms with van der Waals surface area (Å²) in [6, 6.07) is 4.59. The van der Waals surface area contributed by atoms with Gasteiger partial charge in [0.05, 0.1) is 18.4 Å². The fourth-order valence-electron chi connectivity index (χ4n) is 2.81. The lowest BCUT2D eigenvalue weighted by Crippen LogP contribution is -2.45. The minimum absolute atomic E-state index is 0.00715. The van der Waals surface area contributed by atoms with Gasteiger partial charge in [-0.15, -0.1) is 0 Å². The van der Waals surface area contributed by atoms with Crippen LogP contribution in [0.5, 0.6) is 5.75 Å². The van der Waals surface area contributed by atoms with Crippen LogP contribution in [0, 0.1) is 5.92 Å². The Bertz CT molecular complexity index is 809. The zero-order chi connectivity index (χ0) is 19.6. The Morgan fingerprint density at radius 1 is 1.42 bits per heavy atom. The summed E-state index contributed by atoms with van der Waals surface area (Å²) < 4.78 is 31.3. The van der Waals surface area contributed by atoms with Crippen molar-refractivity contribution in [3.63, 3.8) is 0 Å². The second-order valence-electron chi connectivity index (χ2n) is 6.80. The van der Waals surface area contributed by atoms with Gasteiger partial charge < -0.3 is 14.5 Å². The highest BCUT2D eigenvalue weighted by Gasteiger charge is 2.30. The predicted octanol–water partition coefficient (Wildman–Crippen LogP) is 1.01. The maximum Gasteiger partial charge on any atom is 0.257 e. The molecule has 0 spiro atoms. The number of amides is 2. The number of nitrogens with zero attached hydrogens (tertiary/aromatic N) is 2. The van der Waals surface area contributed by atoms with Crippen LogP contribution >= 0.6 is 0 Å². The molecule has 0 radical (unpaired) electrons. The molecule has 1 aliphatic rings. The molecule has 0 aliphatic carbocycles. The Morgan fingerprint density at radius 3 is 2.65 bits per heavy atom. The van der Waals surface area contributed by atoms with Crippen molar-refractivity contribution in [3.05, 3.63) is 23.8 Å². The van der Waals surface area contributed by atoms with E-state index in [9.17, 15) is 18.0 Å². The van der Waals surface area contributed by atoms with E-state index in [4.69, 9.17) is 4.74 Å². The number of fused-ring (bicyclic) bond motifs is 1. The minimum atomic E-state index is -3.46. The summed E-state index contributed by atoms with van der Waals surface area (Å²) in [6.45, 7) is 4.30. The average Bonchev–Trinajstić information content (AvgIpc) is 2.52. The maximum absolute atomic E-state index is 12.7. The molecule has 0 saturated carbocycles. The van der Waals surface area contributed by atoms with E-state index < -0.39 is 10.0 Å². The maximum atomic E-state index is 12.7. The van der Waals surface area contributed by atoms with Crippen LogP contribution in [-0.4, -0.2) is 69.6 Å². The van der Waals surface area contributed by atoms with Crippen LogP contribution in [0.15, 0.2) is 18.2 Å². The molecule has 1 aliphatic heterocycles. The van der Waals surface area contributed by atoms with E-state index in [1.165, 1.54) is 13.0 Å². The summed E-state index contributed by atoms with van der Waals surface area (Å²) in [7, 11) is -0.0646. The van der Waals surface area contributed by atoms with Crippen molar-refractivity contribution < 1.29 is 22.7 Å². The van der Waals surface area contributed by atoms with E-state index in [1.807, 2.05) is 6.92 Å². The lowest BCUT2D eigenvalue weighted by atomic mass is 10.0. The molecule has 0 saturated heterocycles. The number of rotatable bonds is 4. The zero-order valence-electron chi connectivity index (χ0n) is 15.6. The monoisotopic (exact) mass is 383 g/mol. The SMILES string of the molecule is CC(=O)N(C)C[C@@H]1Oc2ccc(NS(C)(=O)=O)cc2C(=O)N(C)C[C@@H]1C. The third kappa shape index (κ3) is 4.87. The van der Waals surface area contributed by atoms with E-state index in [0.29, 0.717) is 24.5 Å². The lowest BCUT2D eigenvalue weighted by Gasteiger charge is -2.34. The Labute approximate surface area is 154 Å². The normalized spacial score (nSPS) is 20.5. The van der Waals surface area contributed by atoms with Crippen molar-refractivity contribution in [2.75, 3.05) is 38.2 Å². The Morgan fingerprint density at radius 2 is 2.08 bits per heavy atom. The first-order chi connectivity index (χ1) is 12.0. The third-order valence-electron chi connectivity index (χ3n) is 4.33. The molecule has 0 bridgehead atoms. The molecule has 9 heteroatoms. The van der Waals surface area contributed by atoms with Gasteiger partial charge in [0, 0.05) is 39.2 Å². The summed E-state index contributed by atoms with van der Waals surface area (Å²) in [5.74, 6) is 0.0599. The van der Waals surface area contributed by atoms with Gasteiger partial charge in [0.25, 0.3) is 5.91 Å². The Hall–Kier alpha value is -2.29. The fraction of sp³-hybridized carbons (Fsp3) is 0.529. The molecule has 1 aromatic carbocycles. The van der Waals surface area contributed by atoms with Gasteiger partial charge in [0.15, 0.2) is 0 Å². The van der Waals surface area contributed by atoms with Crippen molar-refractivity contribution in [2.24, 2.45) is 5.92 Å². The molecule has 2 rings (SSSR count). The van der Waals surface area contributed by atoms with Gasteiger partial charge in [-0.05, 0) is 18.2 Å². The highest BCUT2D eigenvalue weighted by molar-refractivity contribution is 7.92. The third-order valence-corrected chi connectivity index (χ3v) is 4.93. The second kappa shape index (κ2) is 7.53. The molecular formula is C17H25N3O5S. The number of hydrogen-bond acceptors (Lipinski definition) is 5. The fourth-order valence-corrected chi connectivity index (χ4v) is 3.37. The van der Waals surface area contributed by atoms with Crippen LogP contribution in [0.3, 0.4) is 0 Å². The summed E-state index contributed by atoms with van der Waals surface area (Å²) in [4.78, 5) is 27.4. The summed E-state index contributed by atoms with van der Waals surface area (Å²) in [5.41, 5.74) is 0.575. The van der Waals surface area contributed by atoms with Crippen LogP contribution in [-0.2, 0) is 14.8 Å². The van der Waals surface area contributed by atoms with Crippen molar-refractivity contribution in [3.8, 4) is 5.75 Å². The predicted molar refractivity (Wildman–Crippen MR) is 98.8 cm³/mol. The lowest BCUT2D eigenvalue weighted by molar-refractivity contribution is -0.129. The highest BCUT2D eigenvalue weighted by atomic mass is 32.2. The molecule has 2 atom stereocenters. The van der Waals surface area contributed by atoms with Gasteiger partial charge >= 0.3 is 0 Å². The standard InChI is InChI=1S/C17H25N3O5S/c1-11-9-20(4)17(22)14-8-13(18-26(5,23)24)6-7-15(14)25-16(11)10-19(3)12(2)21/h6-8,11,16,18H,9-10H2,1-5H3/t11-,16-/m0/s1. The van der Waals surface area contributed by atoms with E-state index in [2.05, 4.69) is 4.72 Å². The van der Waals surface area contributed by atoms with Crippen molar-refractivity contribution in [1.29, 1.82) is 0 Å². The van der Waals surface area contributed by atoms with E-state index in [0.717, 1.165) is 6.26 Å². The van der Waals surface area contributed by atoms with Gasteiger partial charge in [-0.2, -0.15) is 0 Å². The molecule has 1 N–H and O–H groups in total. The molecule has 0 aromatic heterocycles. The quantitative estimate of drug-likeness (QED) is 0.837. The number of benzene rings is 1. The molecule has 0 fully saturated rings. The van der Waals surface area contributed by atoms with Crippen LogP contribution in [0.25, 0.3) is 0 Å². The molecule has 26 heavy (non-hydrogen) atoms. The highest BCUT2D eigenvalue weighted by Crippen LogP contribution is 2.29.